The van der Waals surface area contributed by atoms with Gasteiger partial charge >= 0.3 is 0 Å². The molecule has 1 fully saturated rings. The van der Waals surface area contributed by atoms with Crippen molar-refractivity contribution in [1.82, 2.24) is 0 Å². The summed E-state index contributed by atoms with van der Waals surface area (Å²) in [5.74, 6) is 0.132. The number of carbonyl (C=O) groups excluding carboxylic acids is 2. The molecule has 0 saturated heterocycles. The molecule has 1 aliphatic carbocycles. The van der Waals surface area contributed by atoms with Crippen molar-refractivity contribution in [3.05, 3.63) is 40.4 Å². The van der Waals surface area contributed by atoms with Gasteiger partial charge < -0.3 is 19.7 Å². The molecule has 1 heterocycles. The number of halogens is 1. The molecule has 4 rings (SSSR count). The number of rotatable bonds is 5. The summed E-state index contributed by atoms with van der Waals surface area (Å²) in [6, 6.07) is 7.10. The van der Waals surface area contributed by atoms with E-state index in [2.05, 4.69) is 5.32 Å². The third kappa shape index (κ3) is 4.05. The van der Waals surface area contributed by atoms with Crippen LogP contribution in [0, 0.1) is 19.8 Å². The summed E-state index contributed by atoms with van der Waals surface area (Å²) in [6.07, 6.45) is 2.49. The van der Waals surface area contributed by atoms with Gasteiger partial charge in [-0.05, 0) is 62.4 Å². The molecular weight excluding hydrogens is 430 g/mol. The van der Waals surface area contributed by atoms with E-state index in [1.54, 1.807) is 17.0 Å². The number of amides is 2. The molecule has 168 valence electrons. The summed E-state index contributed by atoms with van der Waals surface area (Å²) in [7, 11) is 3.00. The largest absolute Gasteiger partial charge is 0.495 e. The van der Waals surface area contributed by atoms with Crippen LogP contribution < -0.4 is 19.7 Å². The van der Waals surface area contributed by atoms with Gasteiger partial charge in [-0.15, -0.1) is 0 Å². The van der Waals surface area contributed by atoms with E-state index >= 15 is 0 Å². The van der Waals surface area contributed by atoms with Gasteiger partial charge in [-0.2, -0.15) is 0 Å². The number of aryl methyl sites for hydroxylation is 2. The molecule has 2 aliphatic rings. The molecule has 0 aromatic heterocycles. The Morgan fingerprint density at radius 2 is 1.88 bits per heavy atom. The molecule has 0 spiro atoms. The molecular formula is C24H26ClN3O4. The Morgan fingerprint density at radius 1 is 1.16 bits per heavy atom. The van der Waals surface area contributed by atoms with Crippen molar-refractivity contribution in [2.75, 3.05) is 31.0 Å². The maximum atomic E-state index is 13.4. The van der Waals surface area contributed by atoms with E-state index in [4.69, 9.17) is 26.1 Å². The molecule has 2 aromatic rings. The Hall–Kier alpha value is -3.06. The Balaban J connectivity index is 1.65. The summed E-state index contributed by atoms with van der Waals surface area (Å²) < 4.78 is 10.6. The second kappa shape index (κ2) is 8.82. The molecule has 8 heteroatoms. The van der Waals surface area contributed by atoms with Crippen molar-refractivity contribution in [1.29, 1.82) is 0 Å². The third-order valence-electron chi connectivity index (χ3n) is 6.09. The highest BCUT2D eigenvalue weighted by Gasteiger charge is 2.37. The Kier molecular flexibility index (Phi) is 6.11. The Morgan fingerprint density at radius 3 is 2.59 bits per heavy atom. The number of methoxy groups -OCH3 is 2. The molecule has 0 bridgehead atoms. The molecule has 7 nitrogen and oxygen atoms in total. The number of nitrogens with one attached hydrogen (secondary N) is 1. The number of hydrogen-bond acceptors (Lipinski definition) is 5. The highest BCUT2D eigenvalue weighted by atomic mass is 35.5. The van der Waals surface area contributed by atoms with Gasteiger partial charge in [0.25, 0.3) is 0 Å². The van der Waals surface area contributed by atoms with Crippen LogP contribution in [-0.2, 0) is 9.59 Å². The lowest BCUT2D eigenvalue weighted by Gasteiger charge is -2.25. The van der Waals surface area contributed by atoms with E-state index < -0.39 is 0 Å². The van der Waals surface area contributed by atoms with E-state index in [-0.39, 0.29) is 24.3 Å². The van der Waals surface area contributed by atoms with E-state index in [0.717, 1.165) is 41.8 Å². The van der Waals surface area contributed by atoms with Gasteiger partial charge in [0.1, 0.15) is 18.0 Å². The van der Waals surface area contributed by atoms with Gasteiger partial charge in [0.05, 0.1) is 42.2 Å². The molecule has 1 N–H and O–H groups in total. The smallest absolute Gasteiger partial charge is 0.244 e. The first-order valence-electron chi connectivity index (χ1n) is 10.5. The van der Waals surface area contributed by atoms with Crippen LogP contribution in [0.5, 0.6) is 11.5 Å². The normalized spacial score (nSPS) is 17.3. The van der Waals surface area contributed by atoms with E-state index in [0.29, 0.717) is 27.9 Å². The van der Waals surface area contributed by atoms with Crippen LogP contribution in [0.25, 0.3) is 0 Å². The minimum Gasteiger partial charge on any atom is -0.495 e. The lowest BCUT2D eigenvalue weighted by molar-refractivity contribution is -0.123. The van der Waals surface area contributed by atoms with Gasteiger partial charge in [0.15, 0.2) is 0 Å². The van der Waals surface area contributed by atoms with Crippen molar-refractivity contribution < 1.29 is 19.1 Å². The monoisotopic (exact) mass is 455 g/mol. The number of ether oxygens (including phenoxy) is 2. The van der Waals surface area contributed by atoms with Crippen LogP contribution in [0.2, 0.25) is 5.02 Å². The fraction of sp³-hybridized carbons (Fsp3) is 0.375. The molecule has 1 atom stereocenters. The summed E-state index contributed by atoms with van der Waals surface area (Å²) in [5, 5.41) is 3.17. The van der Waals surface area contributed by atoms with Gasteiger partial charge in [0.2, 0.25) is 11.8 Å². The number of benzene rings is 2. The first-order valence-corrected chi connectivity index (χ1v) is 10.9. The average molecular weight is 456 g/mol. The number of nitrogens with zero attached hydrogens (tertiary/aromatic N) is 2. The zero-order chi connectivity index (χ0) is 23.0. The number of aliphatic imine (C=N–C) groups is 1. The molecule has 0 radical (unpaired) electrons. The van der Waals surface area contributed by atoms with Gasteiger partial charge in [-0.3, -0.25) is 14.6 Å². The quantitative estimate of drug-likeness (QED) is 0.700. The zero-order valence-electron chi connectivity index (χ0n) is 18.6. The van der Waals surface area contributed by atoms with Crippen molar-refractivity contribution in [3.63, 3.8) is 0 Å². The van der Waals surface area contributed by atoms with Crippen molar-refractivity contribution >= 4 is 46.2 Å². The predicted octanol–water partition coefficient (Wildman–Crippen LogP) is 4.83. The van der Waals surface area contributed by atoms with E-state index in [1.807, 2.05) is 26.0 Å². The highest BCUT2D eigenvalue weighted by Crippen LogP contribution is 2.40. The highest BCUT2D eigenvalue weighted by molar-refractivity contribution is 6.32. The first-order chi connectivity index (χ1) is 15.3. The Labute approximate surface area is 192 Å². The lowest BCUT2D eigenvalue weighted by atomic mass is 10.0. The average Bonchev–Trinajstić information content (AvgIpc) is 3.19. The molecule has 2 amide bonds. The number of anilines is 2. The van der Waals surface area contributed by atoms with Gasteiger partial charge in [-0.25, -0.2) is 0 Å². The first kappa shape index (κ1) is 22.1. The summed E-state index contributed by atoms with van der Waals surface area (Å²) in [6.45, 7) is 3.87. The summed E-state index contributed by atoms with van der Waals surface area (Å²) >= 11 is 6.23. The second-order valence-corrected chi connectivity index (χ2v) is 8.54. The number of hydrogen-bond donors (Lipinski definition) is 1. The van der Waals surface area contributed by atoms with Crippen molar-refractivity contribution in [2.45, 2.75) is 33.1 Å². The molecule has 1 unspecified atom stereocenters. The SMILES string of the molecule is COc1cc(OC)c(NC(=O)CN2C(=O)C3CCCC3=Nc3cc(C)c(C)cc32)cc1Cl. The number of fused-ring (bicyclic) bond motifs is 2. The zero-order valence-corrected chi connectivity index (χ0v) is 19.4. The standard InChI is InChI=1S/C24H26ClN3O4/c1-13-8-18-20(9-14(13)2)28(24(30)15-6-5-7-17(15)26-18)12-23(29)27-19-10-16(25)21(31-3)11-22(19)32-4/h8-11,15H,5-7,12H2,1-4H3,(H,27,29). The van der Waals surface area contributed by atoms with Crippen LogP contribution in [-0.4, -0.2) is 38.3 Å². The van der Waals surface area contributed by atoms with Crippen molar-refractivity contribution in [2.24, 2.45) is 10.9 Å². The molecule has 1 saturated carbocycles. The fourth-order valence-electron chi connectivity index (χ4n) is 4.24. The minimum atomic E-state index is -0.358. The maximum absolute atomic E-state index is 13.4. The van der Waals surface area contributed by atoms with E-state index in [1.165, 1.54) is 14.2 Å². The minimum absolute atomic E-state index is 0.0851. The molecule has 1 aliphatic heterocycles. The van der Waals surface area contributed by atoms with Gasteiger partial charge in [0, 0.05) is 11.8 Å². The predicted molar refractivity (Wildman–Crippen MR) is 126 cm³/mol. The topological polar surface area (TPSA) is 80.2 Å². The van der Waals surface area contributed by atoms with E-state index in [9.17, 15) is 9.59 Å². The molecule has 2 aromatic carbocycles. The van der Waals surface area contributed by atoms with Crippen LogP contribution >= 0.6 is 11.6 Å². The maximum Gasteiger partial charge on any atom is 0.244 e. The van der Waals surface area contributed by atoms with Crippen LogP contribution in [0.15, 0.2) is 29.3 Å². The second-order valence-electron chi connectivity index (χ2n) is 8.13. The van der Waals surface area contributed by atoms with Crippen LogP contribution in [0.1, 0.15) is 30.4 Å². The summed E-state index contributed by atoms with van der Waals surface area (Å²) in [5.41, 5.74) is 4.85. The van der Waals surface area contributed by atoms with Gasteiger partial charge in [-0.1, -0.05) is 11.6 Å². The fourth-order valence-corrected chi connectivity index (χ4v) is 4.48. The van der Waals surface area contributed by atoms with Crippen LogP contribution in [0.3, 0.4) is 0 Å². The lowest BCUT2D eigenvalue weighted by Crippen LogP contribution is -2.42. The van der Waals surface area contributed by atoms with Crippen molar-refractivity contribution in [3.8, 4) is 11.5 Å². The third-order valence-corrected chi connectivity index (χ3v) is 6.38. The summed E-state index contributed by atoms with van der Waals surface area (Å²) in [4.78, 5) is 32.9. The molecule has 32 heavy (non-hydrogen) atoms. The number of carbonyl (C=O) groups is 2. The Bertz CT molecular complexity index is 1130. The van der Waals surface area contributed by atoms with Crippen LogP contribution in [0.4, 0.5) is 17.1 Å².